The lowest BCUT2D eigenvalue weighted by Gasteiger charge is -2.15. The minimum atomic E-state index is -0.554. The zero-order valence-corrected chi connectivity index (χ0v) is 10.8. The number of thiophene rings is 1. The highest BCUT2D eigenvalue weighted by molar-refractivity contribution is 7.10. The van der Waals surface area contributed by atoms with Gasteiger partial charge in [-0.15, -0.1) is 11.3 Å². The Morgan fingerprint density at radius 3 is 2.71 bits per heavy atom. The van der Waals surface area contributed by atoms with Crippen LogP contribution in [-0.2, 0) is 11.3 Å². The summed E-state index contributed by atoms with van der Waals surface area (Å²) in [6.45, 7) is 2.55. The Bertz CT molecular complexity index is 490. The van der Waals surface area contributed by atoms with Crippen LogP contribution in [0.15, 0.2) is 35.7 Å². The molecule has 0 aliphatic rings. The van der Waals surface area contributed by atoms with Crippen LogP contribution in [0.1, 0.15) is 27.7 Å². The van der Waals surface area contributed by atoms with Gasteiger partial charge in [0.25, 0.3) is 0 Å². The second kappa shape index (κ2) is 5.45. The molecule has 90 valence electrons. The Kier molecular flexibility index (Phi) is 3.94. The molecule has 0 radical (unpaired) electrons. The Labute approximate surface area is 105 Å². The Hall–Kier alpha value is -1.16. The van der Waals surface area contributed by atoms with E-state index in [2.05, 4.69) is 0 Å². The van der Waals surface area contributed by atoms with Gasteiger partial charge < -0.3 is 9.84 Å². The minimum absolute atomic E-state index is 0.525. The summed E-state index contributed by atoms with van der Waals surface area (Å²) in [7, 11) is 1.67. The summed E-state index contributed by atoms with van der Waals surface area (Å²) in [4.78, 5) is 1.01. The minimum Gasteiger partial charge on any atom is -0.383 e. The van der Waals surface area contributed by atoms with Crippen molar-refractivity contribution in [2.24, 2.45) is 0 Å². The van der Waals surface area contributed by atoms with Crippen molar-refractivity contribution in [1.82, 2.24) is 0 Å². The maximum atomic E-state index is 10.4. The predicted molar refractivity (Wildman–Crippen MR) is 70.3 cm³/mol. The van der Waals surface area contributed by atoms with Crippen molar-refractivity contribution >= 4 is 11.3 Å². The molecule has 1 heterocycles. The highest BCUT2D eigenvalue weighted by atomic mass is 32.1. The molecule has 0 spiro atoms. The molecule has 17 heavy (non-hydrogen) atoms. The first kappa shape index (κ1) is 12.3. The van der Waals surface area contributed by atoms with Crippen LogP contribution in [0.2, 0.25) is 0 Å². The van der Waals surface area contributed by atoms with Crippen LogP contribution >= 0.6 is 11.3 Å². The van der Waals surface area contributed by atoms with Gasteiger partial charge in [0.05, 0.1) is 6.61 Å². The monoisotopic (exact) mass is 248 g/mol. The van der Waals surface area contributed by atoms with E-state index in [0.717, 1.165) is 21.6 Å². The van der Waals surface area contributed by atoms with Crippen molar-refractivity contribution in [3.05, 3.63) is 57.3 Å². The molecule has 2 nitrogen and oxygen atoms in total. The van der Waals surface area contributed by atoms with E-state index in [-0.39, 0.29) is 0 Å². The molecule has 1 aromatic carbocycles. The molecule has 1 unspecified atom stereocenters. The van der Waals surface area contributed by atoms with E-state index < -0.39 is 6.10 Å². The van der Waals surface area contributed by atoms with Gasteiger partial charge in [-0.25, -0.2) is 0 Å². The Morgan fingerprint density at radius 1 is 1.29 bits per heavy atom. The van der Waals surface area contributed by atoms with Gasteiger partial charge >= 0.3 is 0 Å². The first-order valence-corrected chi connectivity index (χ1v) is 6.40. The fourth-order valence-electron chi connectivity index (χ4n) is 1.89. The number of aliphatic hydroxyl groups excluding tert-OH is 1. The molecule has 0 saturated heterocycles. The number of methoxy groups -OCH3 is 1. The van der Waals surface area contributed by atoms with Crippen LogP contribution in [0.5, 0.6) is 0 Å². The van der Waals surface area contributed by atoms with Gasteiger partial charge in [-0.1, -0.05) is 24.3 Å². The molecule has 1 atom stereocenters. The van der Waals surface area contributed by atoms with E-state index in [0.29, 0.717) is 6.61 Å². The van der Waals surface area contributed by atoms with Gasteiger partial charge in [0.15, 0.2) is 0 Å². The summed E-state index contributed by atoms with van der Waals surface area (Å²) in [5.41, 5.74) is 3.10. The first-order valence-electron chi connectivity index (χ1n) is 5.53. The van der Waals surface area contributed by atoms with Crippen molar-refractivity contribution in [3.63, 3.8) is 0 Å². The van der Waals surface area contributed by atoms with Crippen molar-refractivity contribution in [1.29, 1.82) is 0 Å². The second-order valence-corrected chi connectivity index (χ2v) is 4.95. The summed E-state index contributed by atoms with van der Waals surface area (Å²) in [6.07, 6.45) is -0.554. The van der Waals surface area contributed by atoms with Gasteiger partial charge in [0, 0.05) is 12.0 Å². The lowest BCUT2D eigenvalue weighted by molar-refractivity contribution is 0.176. The first-order chi connectivity index (χ1) is 8.24. The molecular weight excluding hydrogens is 232 g/mol. The number of hydrogen-bond acceptors (Lipinski definition) is 3. The number of hydrogen-bond donors (Lipinski definition) is 1. The topological polar surface area (TPSA) is 29.5 Å². The third-order valence-corrected chi connectivity index (χ3v) is 3.87. The average Bonchev–Trinajstić information content (AvgIpc) is 2.76. The SMILES string of the molecule is COCc1ccccc1C(O)c1sccc1C. The molecule has 0 amide bonds. The maximum absolute atomic E-state index is 10.4. The number of rotatable bonds is 4. The third kappa shape index (κ3) is 2.57. The van der Waals surface area contributed by atoms with Crippen molar-refractivity contribution in [3.8, 4) is 0 Å². The molecule has 1 N–H and O–H groups in total. The van der Waals surface area contributed by atoms with E-state index in [1.807, 2.05) is 42.6 Å². The number of aryl methyl sites for hydroxylation is 1. The van der Waals surface area contributed by atoms with Crippen molar-refractivity contribution in [2.45, 2.75) is 19.6 Å². The molecule has 0 aliphatic carbocycles. The van der Waals surface area contributed by atoms with Crippen LogP contribution in [0.3, 0.4) is 0 Å². The van der Waals surface area contributed by atoms with Crippen LogP contribution in [0, 0.1) is 6.92 Å². The Morgan fingerprint density at radius 2 is 2.06 bits per heavy atom. The molecule has 0 aliphatic heterocycles. The second-order valence-electron chi connectivity index (χ2n) is 4.00. The van der Waals surface area contributed by atoms with Gasteiger partial charge in [-0.3, -0.25) is 0 Å². The lowest BCUT2D eigenvalue weighted by Crippen LogP contribution is -2.04. The van der Waals surface area contributed by atoms with Crippen LogP contribution in [0.25, 0.3) is 0 Å². The number of ether oxygens (including phenoxy) is 1. The molecule has 0 bridgehead atoms. The standard InChI is InChI=1S/C14H16O2S/c1-10-7-8-17-14(10)13(15)12-6-4-3-5-11(12)9-16-2/h3-8,13,15H,9H2,1-2H3. The van der Waals surface area contributed by atoms with E-state index in [4.69, 9.17) is 4.74 Å². The highest BCUT2D eigenvalue weighted by Crippen LogP contribution is 2.31. The van der Waals surface area contributed by atoms with Crippen LogP contribution < -0.4 is 0 Å². The van der Waals surface area contributed by atoms with Gasteiger partial charge in [0.1, 0.15) is 6.10 Å². The summed E-state index contributed by atoms with van der Waals surface area (Å²) in [5.74, 6) is 0. The molecule has 0 fully saturated rings. The van der Waals surface area contributed by atoms with Gasteiger partial charge in [-0.2, -0.15) is 0 Å². The molecule has 2 rings (SSSR count). The molecular formula is C14H16O2S. The molecule has 1 aromatic heterocycles. The van der Waals surface area contributed by atoms with Crippen LogP contribution in [-0.4, -0.2) is 12.2 Å². The summed E-state index contributed by atoms with van der Waals surface area (Å²) >= 11 is 1.59. The van der Waals surface area contributed by atoms with E-state index in [1.165, 1.54) is 0 Å². The maximum Gasteiger partial charge on any atom is 0.114 e. The van der Waals surface area contributed by atoms with Crippen LogP contribution in [0.4, 0.5) is 0 Å². The fraction of sp³-hybridized carbons (Fsp3) is 0.286. The predicted octanol–water partition coefficient (Wildman–Crippen LogP) is 3.28. The summed E-state index contributed by atoms with van der Waals surface area (Å²) < 4.78 is 5.16. The zero-order valence-electron chi connectivity index (χ0n) is 10.0. The molecule has 0 saturated carbocycles. The molecule has 2 aromatic rings. The average molecular weight is 248 g/mol. The van der Waals surface area contributed by atoms with E-state index in [1.54, 1.807) is 18.4 Å². The van der Waals surface area contributed by atoms with Crippen molar-refractivity contribution in [2.75, 3.05) is 7.11 Å². The quantitative estimate of drug-likeness (QED) is 0.899. The summed E-state index contributed by atoms with van der Waals surface area (Å²) in [6, 6.07) is 9.89. The summed E-state index contributed by atoms with van der Waals surface area (Å²) in [5, 5.41) is 12.4. The zero-order chi connectivity index (χ0) is 12.3. The van der Waals surface area contributed by atoms with E-state index >= 15 is 0 Å². The van der Waals surface area contributed by atoms with Gasteiger partial charge in [-0.05, 0) is 35.1 Å². The van der Waals surface area contributed by atoms with Crippen molar-refractivity contribution < 1.29 is 9.84 Å². The van der Waals surface area contributed by atoms with E-state index in [9.17, 15) is 5.11 Å². The Balaban J connectivity index is 2.37. The smallest absolute Gasteiger partial charge is 0.114 e. The molecule has 3 heteroatoms. The highest BCUT2D eigenvalue weighted by Gasteiger charge is 2.16. The lowest BCUT2D eigenvalue weighted by atomic mass is 10.0. The normalized spacial score (nSPS) is 12.6. The number of benzene rings is 1. The van der Waals surface area contributed by atoms with Gasteiger partial charge in [0.2, 0.25) is 0 Å². The third-order valence-electron chi connectivity index (χ3n) is 2.80. The fourth-order valence-corrected chi connectivity index (χ4v) is 2.82. The largest absolute Gasteiger partial charge is 0.383 e. The number of aliphatic hydroxyl groups is 1.